The van der Waals surface area contributed by atoms with Crippen LogP contribution in [0.4, 0.5) is 0 Å². The smallest absolute Gasteiger partial charge is 0.203 e. The third-order valence-electron chi connectivity index (χ3n) is 7.02. The van der Waals surface area contributed by atoms with Crippen molar-refractivity contribution in [1.82, 2.24) is 9.80 Å². The van der Waals surface area contributed by atoms with E-state index in [1.54, 1.807) is 21.3 Å². The summed E-state index contributed by atoms with van der Waals surface area (Å²) in [4.78, 5) is 5.26. The highest BCUT2D eigenvalue weighted by atomic mass is 16.5. The lowest BCUT2D eigenvalue weighted by Crippen LogP contribution is -2.50. The van der Waals surface area contributed by atoms with Crippen LogP contribution >= 0.6 is 0 Å². The molecule has 5 nitrogen and oxygen atoms in total. The van der Waals surface area contributed by atoms with Crippen LogP contribution in [0.25, 0.3) is 0 Å². The summed E-state index contributed by atoms with van der Waals surface area (Å²) >= 11 is 0. The maximum Gasteiger partial charge on any atom is 0.203 e. The zero-order valence-corrected chi connectivity index (χ0v) is 19.2. The third-order valence-corrected chi connectivity index (χ3v) is 7.02. The van der Waals surface area contributed by atoms with Crippen molar-refractivity contribution in [2.45, 2.75) is 44.2 Å². The number of methoxy groups -OCH3 is 3. The largest absolute Gasteiger partial charge is 0.493 e. The predicted molar refractivity (Wildman–Crippen MR) is 124 cm³/mol. The minimum absolute atomic E-state index is 0.657. The Morgan fingerprint density at radius 3 is 1.94 bits per heavy atom. The van der Waals surface area contributed by atoms with Gasteiger partial charge < -0.3 is 14.2 Å². The standard InChI is InChI=1S/C26H36N2O3/c1-29-24-17-20(18-25(30-2)26(24)31-3)19-27-13-15-28(16-14-27)23-11-9-22(10-12-23)21-7-5-4-6-8-21/h4-8,17-18,22-23H,9-16,19H2,1-3H3. The van der Waals surface area contributed by atoms with Gasteiger partial charge in [-0.25, -0.2) is 0 Å². The number of nitrogens with zero attached hydrogens (tertiary/aromatic N) is 2. The molecule has 1 heterocycles. The van der Waals surface area contributed by atoms with E-state index in [1.165, 1.54) is 36.8 Å². The van der Waals surface area contributed by atoms with Crippen molar-refractivity contribution in [2.24, 2.45) is 0 Å². The summed E-state index contributed by atoms with van der Waals surface area (Å²) < 4.78 is 16.5. The monoisotopic (exact) mass is 424 g/mol. The topological polar surface area (TPSA) is 34.2 Å². The Labute approximate surface area is 186 Å². The van der Waals surface area contributed by atoms with Gasteiger partial charge in [-0.2, -0.15) is 0 Å². The van der Waals surface area contributed by atoms with Crippen molar-refractivity contribution in [3.63, 3.8) is 0 Å². The Morgan fingerprint density at radius 1 is 0.774 bits per heavy atom. The molecule has 0 radical (unpaired) electrons. The molecule has 2 fully saturated rings. The van der Waals surface area contributed by atoms with Gasteiger partial charge >= 0.3 is 0 Å². The highest BCUT2D eigenvalue weighted by Gasteiger charge is 2.29. The quantitative estimate of drug-likeness (QED) is 0.651. The molecule has 2 aromatic carbocycles. The molecule has 5 heteroatoms. The van der Waals surface area contributed by atoms with Crippen molar-refractivity contribution < 1.29 is 14.2 Å². The summed E-state index contributed by atoms with van der Waals surface area (Å²) in [7, 11) is 4.99. The molecule has 31 heavy (non-hydrogen) atoms. The molecule has 0 atom stereocenters. The zero-order chi connectivity index (χ0) is 21.6. The highest BCUT2D eigenvalue weighted by Crippen LogP contribution is 2.39. The molecular formula is C26H36N2O3. The van der Waals surface area contributed by atoms with E-state index in [9.17, 15) is 0 Å². The van der Waals surface area contributed by atoms with Gasteiger partial charge in [-0.1, -0.05) is 30.3 Å². The van der Waals surface area contributed by atoms with Gasteiger partial charge in [0.25, 0.3) is 0 Å². The van der Waals surface area contributed by atoms with E-state index in [0.717, 1.165) is 56.2 Å². The minimum Gasteiger partial charge on any atom is -0.493 e. The first kappa shape index (κ1) is 22.0. The third kappa shape index (κ3) is 5.16. The molecule has 1 aliphatic heterocycles. The normalized spacial score (nSPS) is 22.8. The first-order valence-corrected chi connectivity index (χ1v) is 11.5. The van der Waals surface area contributed by atoms with Crippen LogP contribution in [0.1, 0.15) is 42.7 Å². The molecule has 1 saturated heterocycles. The van der Waals surface area contributed by atoms with Crippen LogP contribution in [0.2, 0.25) is 0 Å². The van der Waals surface area contributed by atoms with Gasteiger partial charge in [-0.05, 0) is 54.9 Å². The van der Waals surface area contributed by atoms with Crippen LogP contribution in [-0.2, 0) is 6.54 Å². The minimum atomic E-state index is 0.657. The van der Waals surface area contributed by atoms with E-state index in [2.05, 4.69) is 52.3 Å². The highest BCUT2D eigenvalue weighted by molar-refractivity contribution is 5.53. The van der Waals surface area contributed by atoms with Crippen LogP contribution in [-0.4, -0.2) is 63.4 Å². The number of hydrogen-bond acceptors (Lipinski definition) is 5. The molecule has 0 unspecified atom stereocenters. The van der Waals surface area contributed by atoms with Gasteiger partial charge in [-0.15, -0.1) is 0 Å². The maximum absolute atomic E-state index is 5.51. The summed E-state index contributed by atoms with van der Waals surface area (Å²) in [5.74, 6) is 2.86. The van der Waals surface area contributed by atoms with Crippen LogP contribution in [0.15, 0.2) is 42.5 Å². The second-order valence-corrected chi connectivity index (χ2v) is 8.76. The summed E-state index contributed by atoms with van der Waals surface area (Å²) in [6.45, 7) is 5.44. The molecule has 0 N–H and O–H groups in total. The number of hydrogen-bond donors (Lipinski definition) is 0. The van der Waals surface area contributed by atoms with Crippen molar-refractivity contribution in [1.29, 1.82) is 0 Å². The van der Waals surface area contributed by atoms with E-state index in [1.807, 2.05) is 0 Å². The first-order chi connectivity index (χ1) is 15.2. The summed E-state index contributed by atoms with van der Waals surface area (Å²) in [6.07, 6.45) is 5.29. The van der Waals surface area contributed by atoms with Gasteiger partial charge in [0.15, 0.2) is 11.5 Å². The van der Waals surface area contributed by atoms with Crippen LogP contribution in [0.3, 0.4) is 0 Å². The molecule has 168 valence electrons. The summed E-state index contributed by atoms with van der Waals surface area (Å²) in [5, 5.41) is 0. The molecule has 1 saturated carbocycles. The van der Waals surface area contributed by atoms with Crippen molar-refractivity contribution in [3.8, 4) is 17.2 Å². The lowest BCUT2D eigenvalue weighted by Gasteiger charge is -2.42. The van der Waals surface area contributed by atoms with Crippen LogP contribution in [0, 0.1) is 0 Å². The summed E-state index contributed by atoms with van der Waals surface area (Å²) in [5.41, 5.74) is 2.72. The molecule has 0 amide bonds. The van der Waals surface area contributed by atoms with E-state index < -0.39 is 0 Å². The average molecular weight is 425 g/mol. The van der Waals surface area contributed by atoms with Crippen molar-refractivity contribution >= 4 is 0 Å². The Kier molecular flexibility index (Phi) is 7.36. The molecule has 0 aromatic heterocycles. The number of ether oxygens (including phenoxy) is 3. The van der Waals surface area contributed by atoms with Gasteiger partial charge in [0.05, 0.1) is 21.3 Å². The van der Waals surface area contributed by atoms with Gasteiger partial charge in [-0.3, -0.25) is 9.80 Å². The molecule has 0 spiro atoms. The first-order valence-electron chi connectivity index (χ1n) is 11.5. The molecule has 2 aromatic rings. The summed E-state index contributed by atoms with van der Waals surface area (Å²) in [6, 6.07) is 16.0. The Bertz CT molecular complexity index is 801. The van der Waals surface area contributed by atoms with Gasteiger partial charge in [0.2, 0.25) is 5.75 Å². The maximum atomic E-state index is 5.51. The van der Waals surface area contributed by atoms with Gasteiger partial charge in [0, 0.05) is 38.8 Å². The van der Waals surface area contributed by atoms with E-state index in [-0.39, 0.29) is 0 Å². The van der Waals surface area contributed by atoms with Crippen molar-refractivity contribution in [2.75, 3.05) is 47.5 Å². The predicted octanol–water partition coefficient (Wildman–Crippen LogP) is 4.56. The molecule has 1 aliphatic carbocycles. The molecular weight excluding hydrogens is 388 g/mol. The number of benzene rings is 2. The number of piperazine rings is 1. The van der Waals surface area contributed by atoms with Gasteiger partial charge in [0.1, 0.15) is 0 Å². The Hall–Kier alpha value is -2.24. The van der Waals surface area contributed by atoms with Crippen molar-refractivity contribution in [3.05, 3.63) is 53.6 Å². The van der Waals surface area contributed by atoms with E-state index in [4.69, 9.17) is 14.2 Å². The van der Waals surface area contributed by atoms with Crippen LogP contribution in [0.5, 0.6) is 17.2 Å². The second kappa shape index (κ2) is 10.4. The fourth-order valence-corrected chi connectivity index (χ4v) is 5.27. The number of rotatable bonds is 7. The van der Waals surface area contributed by atoms with E-state index >= 15 is 0 Å². The average Bonchev–Trinajstić information content (AvgIpc) is 2.84. The zero-order valence-electron chi connectivity index (χ0n) is 19.2. The lowest BCUT2D eigenvalue weighted by molar-refractivity contribution is 0.0726. The lowest BCUT2D eigenvalue weighted by atomic mass is 9.81. The fraction of sp³-hybridized carbons (Fsp3) is 0.538. The molecule has 2 aliphatic rings. The SMILES string of the molecule is COc1cc(CN2CCN(C3CCC(c4ccccc4)CC3)CC2)cc(OC)c1OC. The van der Waals surface area contributed by atoms with Crippen LogP contribution < -0.4 is 14.2 Å². The fourth-order valence-electron chi connectivity index (χ4n) is 5.27. The Morgan fingerprint density at radius 2 is 1.39 bits per heavy atom. The Balaban J connectivity index is 1.29. The van der Waals surface area contributed by atoms with E-state index in [0.29, 0.717) is 5.75 Å². The molecule has 0 bridgehead atoms. The second-order valence-electron chi connectivity index (χ2n) is 8.76. The molecule has 4 rings (SSSR count).